The molecule has 5 heteroatoms. The fraction of sp³-hybridized carbons (Fsp3) is 0.269. The molecule has 4 rings (SSSR count). The van der Waals surface area contributed by atoms with E-state index >= 15 is 0 Å². The van der Waals surface area contributed by atoms with Gasteiger partial charge in [-0.25, -0.2) is 0 Å². The number of nitrogens with zero attached hydrogens (tertiary/aromatic N) is 1. The summed E-state index contributed by atoms with van der Waals surface area (Å²) < 4.78 is 0. The summed E-state index contributed by atoms with van der Waals surface area (Å²) in [6.45, 7) is 4.39. The Morgan fingerprint density at radius 2 is 1.58 bits per heavy atom. The molecule has 0 bridgehead atoms. The number of nitrogens with one attached hydrogen (secondary N) is 2. The lowest BCUT2D eigenvalue weighted by Crippen LogP contribution is -2.36. The normalized spacial score (nSPS) is 16.2. The maximum atomic E-state index is 13.1. The standard InChI is InChI=1S/C26H25N3O2/c1-26(2)13-20(30)23(21(31)14-26)22-19(15-27)25(28-16-17-9-5-3-6-10-17)29-24(22)18-11-7-4-8-12-18/h3-12,23,28-29H,13-14,16H2,1-2H3. The van der Waals surface area contributed by atoms with E-state index in [1.54, 1.807) is 0 Å². The number of H-pyrrole nitrogens is 1. The number of carbonyl (C=O) groups excluding carboxylic acids is 2. The number of rotatable bonds is 5. The van der Waals surface area contributed by atoms with Crippen molar-refractivity contribution in [2.45, 2.75) is 39.2 Å². The average Bonchev–Trinajstić information content (AvgIpc) is 3.10. The van der Waals surface area contributed by atoms with Crippen LogP contribution in [0.5, 0.6) is 0 Å². The Morgan fingerprint density at radius 3 is 2.16 bits per heavy atom. The second-order valence-electron chi connectivity index (χ2n) is 8.86. The number of hydrogen-bond donors (Lipinski definition) is 2. The predicted octanol–water partition coefficient (Wildman–Crippen LogP) is 5.21. The average molecular weight is 412 g/mol. The van der Waals surface area contributed by atoms with E-state index in [2.05, 4.69) is 16.4 Å². The fourth-order valence-corrected chi connectivity index (χ4v) is 4.38. The highest BCUT2D eigenvalue weighted by Crippen LogP contribution is 2.43. The van der Waals surface area contributed by atoms with Gasteiger partial charge in [0.1, 0.15) is 29.4 Å². The van der Waals surface area contributed by atoms with Crippen LogP contribution in [0.2, 0.25) is 0 Å². The van der Waals surface area contributed by atoms with Crippen molar-refractivity contribution in [2.24, 2.45) is 5.41 Å². The molecule has 156 valence electrons. The number of carbonyl (C=O) groups is 2. The molecule has 1 aliphatic carbocycles. The van der Waals surface area contributed by atoms with Crippen LogP contribution in [-0.4, -0.2) is 16.6 Å². The van der Waals surface area contributed by atoms with Gasteiger partial charge in [-0.05, 0) is 16.5 Å². The summed E-state index contributed by atoms with van der Waals surface area (Å²) in [6.07, 6.45) is 0.640. The van der Waals surface area contributed by atoms with Gasteiger partial charge < -0.3 is 10.3 Å². The lowest BCUT2D eigenvalue weighted by Gasteiger charge is -2.32. The molecule has 2 N–H and O–H groups in total. The predicted molar refractivity (Wildman–Crippen MR) is 120 cm³/mol. The maximum Gasteiger partial charge on any atom is 0.148 e. The van der Waals surface area contributed by atoms with Gasteiger partial charge in [0.15, 0.2) is 0 Å². The van der Waals surface area contributed by atoms with Gasteiger partial charge in [0.25, 0.3) is 0 Å². The van der Waals surface area contributed by atoms with Crippen molar-refractivity contribution < 1.29 is 9.59 Å². The third-order valence-electron chi connectivity index (χ3n) is 5.76. The monoisotopic (exact) mass is 411 g/mol. The number of benzene rings is 2. The molecule has 0 spiro atoms. The number of aromatic nitrogens is 1. The van der Waals surface area contributed by atoms with Gasteiger partial charge in [-0.3, -0.25) is 9.59 Å². The first kappa shape index (κ1) is 20.6. The van der Waals surface area contributed by atoms with Crippen LogP contribution in [-0.2, 0) is 16.1 Å². The molecule has 0 unspecified atom stereocenters. The second-order valence-corrected chi connectivity index (χ2v) is 8.86. The molecule has 1 aliphatic rings. The summed E-state index contributed by atoms with van der Waals surface area (Å²) in [5, 5.41) is 13.3. The molecule has 5 nitrogen and oxygen atoms in total. The lowest BCUT2D eigenvalue weighted by atomic mass is 9.69. The number of ketones is 2. The first-order valence-electron chi connectivity index (χ1n) is 10.4. The van der Waals surface area contributed by atoms with Crippen molar-refractivity contribution in [3.63, 3.8) is 0 Å². The Labute approximate surface area is 182 Å². The van der Waals surface area contributed by atoms with E-state index < -0.39 is 5.92 Å². The molecular formula is C26H25N3O2. The smallest absolute Gasteiger partial charge is 0.148 e. The largest absolute Gasteiger partial charge is 0.366 e. The van der Waals surface area contributed by atoms with E-state index in [4.69, 9.17) is 0 Å². The quantitative estimate of drug-likeness (QED) is 0.565. The first-order chi connectivity index (χ1) is 14.9. The van der Waals surface area contributed by atoms with Gasteiger partial charge in [-0.1, -0.05) is 74.5 Å². The van der Waals surface area contributed by atoms with Crippen LogP contribution in [0.1, 0.15) is 49.3 Å². The van der Waals surface area contributed by atoms with Crippen LogP contribution in [0.4, 0.5) is 5.82 Å². The van der Waals surface area contributed by atoms with Crippen molar-refractivity contribution in [3.8, 4) is 17.3 Å². The summed E-state index contributed by atoms with van der Waals surface area (Å²) >= 11 is 0. The molecule has 0 amide bonds. The summed E-state index contributed by atoms with van der Waals surface area (Å²) in [4.78, 5) is 29.5. The Kier molecular flexibility index (Phi) is 5.48. The highest BCUT2D eigenvalue weighted by atomic mass is 16.2. The highest BCUT2D eigenvalue weighted by molar-refractivity contribution is 6.12. The number of nitriles is 1. The van der Waals surface area contributed by atoms with E-state index in [0.29, 0.717) is 42.0 Å². The summed E-state index contributed by atoms with van der Waals surface area (Å²) in [7, 11) is 0. The lowest BCUT2D eigenvalue weighted by molar-refractivity contribution is -0.135. The van der Waals surface area contributed by atoms with Crippen molar-refractivity contribution in [3.05, 3.63) is 77.4 Å². The third kappa shape index (κ3) is 4.15. The maximum absolute atomic E-state index is 13.1. The molecule has 0 radical (unpaired) electrons. The van der Waals surface area contributed by atoms with E-state index in [9.17, 15) is 14.9 Å². The van der Waals surface area contributed by atoms with Gasteiger partial charge >= 0.3 is 0 Å². The summed E-state index contributed by atoms with van der Waals surface area (Å²) in [6, 6.07) is 21.6. The molecule has 1 heterocycles. The highest BCUT2D eigenvalue weighted by Gasteiger charge is 2.43. The summed E-state index contributed by atoms with van der Waals surface area (Å²) in [5.74, 6) is -0.626. The third-order valence-corrected chi connectivity index (χ3v) is 5.76. The molecule has 0 atom stereocenters. The molecule has 0 aliphatic heterocycles. The van der Waals surface area contributed by atoms with Crippen molar-refractivity contribution in [1.82, 2.24) is 4.98 Å². The Balaban J connectivity index is 1.81. The van der Waals surface area contributed by atoms with Crippen molar-refractivity contribution in [1.29, 1.82) is 5.26 Å². The van der Waals surface area contributed by atoms with Crippen LogP contribution >= 0.6 is 0 Å². The van der Waals surface area contributed by atoms with Crippen LogP contribution in [0.15, 0.2) is 60.7 Å². The molecule has 0 saturated heterocycles. The van der Waals surface area contributed by atoms with Crippen molar-refractivity contribution in [2.75, 3.05) is 5.32 Å². The van der Waals surface area contributed by atoms with Crippen LogP contribution in [0.25, 0.3) is 11.3 Å². The number of Topliss-reactive ketones (excluding diaryl/α,β-unsaturated/α-hetero) is 2. The molecule has 2 aromatic carbocycles. The molecular weight excluding hydrogens is 386 g/mol. The zero-order valence-electron chi connectivity index (χ0n) is 17.7. The zero-order chi connectivity index (χ0) is 22.0. The van der Waals surface area contributed by atoms with Gasteiger partial charge in [0, 0.05) is 24.9 Å². The molecule has 1 saturated carbocycles. The topological polar surface area (TPSA) is 85.8 Å². The molecule has 1 fully saturated rings. The van der Waals surface area contributed by atoms with E-state index in [1.807, 2.05) is 74.5 Å². The Bertz CT molecular complexity index is 1130. The number of hydrogen-bond acceptors (Lipinski definition) is 4. The van der Waals surface area contributed by atoms with E-state index in [1.165, 1.54) is 0 Å². The van der Waals surface area contributed by atoms with Crippen LogP contribution in [0, 0.1) is 16.7 Å². The minimum Gasteiger partial charge on any atom is -0.366 e. The van der Waals surface area contributed by atoms with Gasteiger partial charge in [0.2, 0.25) is 0 Å². The zero-order valence-corrected chi connectivity index (χ0v) is 17.7. The minimum atomic E-state index is -0.915. The first-order valence-corrected chi connectivity index (χ1v) is 10.4. The summed E-state index contributed by atoms with van der Waals surface area (Å²) in [5.41, 5.74) is 3.03. The SMILES string of the molecule is CC1(C)CC(=O)C(c2c(-c3ccccc3)[nH]c(NCc3ccccc3)c2C#N)C(=O)C1. The van der Waals surface area contributed by atoms with Crippen LogP contribution in [0.3, 0.4) is 0 Å². The van der Waals surface area contributed by atoms with E-state index in [-0.39, 0.29) is 17.0 Å². The molecule has 1 aromatic heterocycles. The molecule has 31 heavy (non-hydrogen) atoms. The Morgan fingerprint density at radius 1 is 1.00 bits per heavy atom. The van der Waals surface area contributed by atoms with Crippen molar-refractivity contribution >= 4 is 17.4 Å². The molecule has 3 aromatic rings. The minimum absolute atomic E-state index is 0.122. The Hall–Kier alpha value is -3.65. The van der Waals surface area contributed by atoms with Crippen LogP contribution < -0.4 is 5.32 Å². The second kappa shape index (κ2) is 8.23. The van der Waals surface area contributed by atoms with Gasteiger partial charge in [0.05, 0.1) is 11.3 Å². The number of anilines is 1. The van der Waals surface area contributed by atoms with Gasteiger partial charge in [-0.15, -0.1) is 0 Å². The number of aromatic amines is 1. The van der Waals surface area contributed by atoms with Gasteiger partial charge in [-0.2, -0.15) is 5.26 Å². The fourth-order valence-electron chi connectivity index (χ4n) is 4.38. The van der Waals surface area contributed by atoms with E-state index in [0.717, 1.165) is 11.1 Å².